The zero-order valence-corrected chi connectivity index (χ0v) is 14.1. The van der Waals surface area contributed by atoms with E-state index in [1.807, 2.05) is 6.07 Å². The minimum Gasteiger partial charge on any atom is -0.312 e. The normalized spacial score (nSPS) is 25.7. The molecule has 1 aliphatic rings. The fourth-order valence-corrected chi connectivity index (χ4v) is 5.60. The topological polar surface area (TPSA) is 46.2 Å². The Balaban J connectivity index is 2.34. The molecule has 0 aliphatic heterocycles. The summed E-state index contributed by atoms with van der Waals surface area (Å²) in [5.41, 5.74) is 0.0138. The molecule has 1 aliphatic carbocycles. The molecule has 1 aromatic carbocycles. The largest absolute Gasteiger partial charge is 0.312 e. The van der Waals surface area contributed by atoms with Crippen molar-refractivity contribution in [2.24, 2.45) is 5.41 Å². The van der Waals surface area contributed by atoms with Crippen molar-refractivity contribution in [3.05, 3.63) is 30.3 Å². The zero-order chi connectivity index (χ0) is 15.5. The number of hydrogen-bond donors (Lipinski definition) is 1. The molecule has 2 rings (SSSR count). The second kappa shape index (κ2) is 6.49. The third-order valence-electron chi connectivity index (χ3n) is 4.61. The number of sulfone groups is 1. The Kier molecular flexibility index (Phi) is 5.10. The van der Waals surface area contributed by atoms with Crippen LogP contribution in [0.5, 0.6) is 0 Å². The third kappa shape index (κ3) is 3.49. The van der Waals surface area contributed by atoms with E-state index < -0.39 is 9.84 Å². The summed E-state index contributed by atoms with van der Waals surface area (Å²) in [6.07, 6.45) is 3.83. The molecule has 0 heterocycles. The van der Waals surface area contributed by atoms with E-state index in [0.29, 0.717) is 4.90 Å². The molecule has 4 heteroatoms. The van der Waals surface area contributed by atoms with E-state index in [2.05, 4.69) is 26.1 Å². The molecule has 0 bridgehead atoms. The standard InChI is InChI=1S/C17H27NO2S/c1-4-13-18-16-15(11-8-12-17(16,2)3)21(19,20)14-9-6-5-7-10-14/h5-7,9-10,15-16,18H,4,8,11-13H2,1-3H3. The Hall–Kier alpha value is -0.870. The van der Waals surface area contributed by atoms with Crippen molar-refractivity contribution < 1.29 is 8.42 Å². The van der Waals surface area contributed by atoms with Crippen molar-refractivity contribution in [1.82, 2.24) is 5.32 Å². The van der Waals surface area contributed by atoms with Crippen LogP contribution in [0.1, 0.15) is 46.5 Å². The SMILES string of the molecule is CCCNC1C(S(=O)(=O)c2ccccc2)CCCC1(C)C. The van der Waals surface area contributed by atoms with Gasteiger partial charge in [0.05, 0.1) is 10.1 Å². The van der Waals surface area contributed by atoms with Crippen molar-refractivity contribution in [2.45, 2.75) is 62.6 Å². The van der Waals surface area contributed by atoms with Gasteiger partial charge in [0, 0.05) is 6.04 Å². The van der Waals surface area contributed by atoms with Crippen molar-refractivity contribution in [3.8, 4) is 0 Å². The van der Waals surface area contributed by atoms with Gasteiger partial charge in [-0.3, -0.25) is 0 Å². The smallest absolute Gasteiger partial charge is 0.182 e. The Morgan fingerprint density at radius 1 is 1.24 bits per heavy atom. The maximum absolute atomic E-state index is 13.0. The summed E-state index contributed by atoms with van der Waals surface area (Å²) in [5.74, 6) is 0. The maximum Gasteiger partial charge on any atom is 0.182 e. The summed E-state index contributed by atoms with van der Waals surface area (Å²) in [6.45, 7) is 7.36. The molecule has 1 fully saturated rings. The van der Waals surface area contributed by atoms with Gasteiger partial charge in [-0.15, -0.1) is 0 Å². The number of benzene rings is 1. The first-order chi connectivity index (χ1) is 9.89. The summed E-state index contributed by atoms with van der Waals surface area (Å²) in [5, 5.41) is 3.18. The van der Waals surface area contributed by atoms with E-state index in [1.54, 1.807) is 24.3 Å². The van der Waals surface area contributed by atoms with Gasteiger partial charge in [-0.25, -0.2) is 8.42 Å². The van der Waals surface area contributed by atoms with Gasteiger partial charge < -0.3 is 5.32 Å². The van der Waals surface area contributed by atoms with Gasteiger partial charge in [-0.1, -0.05) is 45.4 Å². The molecule has 1 N–H and O–H groups in total. The highest BCUT2D eigenvalue weighted by Gasteiger charge is 2.45. The van der Waals surface area contributed by atoms with Gasteiger partial charge in [0.25, 0.3) is 0 Å². The summed E-state index contributed by atoms with van der Waals surface area (Å²) in [7, 11) is -3.28. The highest BCUT2D eigenvalue weighted by atomic mass is 32.2. The van der Waals surface area contributed by atoms with Crippen LogP contribution in [0.25, 0.3) is 0 Å². The van der Waals surface area contributed by atoms with Crippen LogP contribution < -0.4 is 5.32 Å². The monoisotopic (exact) mass is 309 g/mol. The number of rotatable bonds is 5. The summed E-state index contributed by atoms with van der Waals surface area (Å²) in [6, 6.07) is 8.92. The van der Waals surface area contributed by atoms with Crippen LogP contribution in [0, 0.1) is 5.41 Å². The van der Waals surface area contributed by atoms with E-state index in [1.165, 1.54) is 0 Å². The molecular formula is C17H27NO2S. The molecule has 0 spiro atoms. The predicted molar refractivity (Wildman–Crippen MR) is 87.1 cm³/mol. The second-order valence-electron chi connectivity index (χ2n) is 6.71. The minimum absolute atomic E-state index is 0.0138. The molecular weight excluding hydrogens is 282 g/mol. The number of nitrogens with one attached hydrogen (secondary N) is 1. The van der Waals surface area contributed by atoms with Gasteiger partial charge in [0.1, 0.15) is 0 Å². The molecule has 118 valence electrons. The average Bonchev–Trinajstić information content (AvgIpc) is 2.46. The minimum atomic E-state index is -3.28. The van der Waals surface area contributed by atoms with Gasteiger partial charge >= 0.3 is 0 Å². The molecule has 2 unspecified atom stereocenters. The van der Waals surface area contributed by atoms with Crippen molar-refractivity contribution in [2.75, 3.05) is 6.54 Å². The summed E-state index contributed by atoms with van der Waals surface area (Å²) >= 11 is 0. The van der Waals surface area contributed by atoms with E-state index in [9.17, 15) is 8.42 Å². The summed E-state index contributed by atoms with van der Waals surface area (Å²) in [4.78, 5) is 0.455. The molecule has 3 nitrogen and oxygen atoms in total. The first kappa shape index (κ1) is 16.5. The maximum atomic E-state index is 13.0. The third-order valence-corrected chi connectivity index (χ3v) is 6.84. The van der Waals surface area contributed by atoms with Crippen molar-refractivity contribution in [3.63, 3.8) is 0 Å². The molecule has 0 amide bonds. The van der Waals surface area contributed by atoms with Crippen LogP contribution >= 0.6 is 0 Å². The highest BCUT2D eigenvalue weighted by Crippen LogP contribution is 2.40. The molecule has 0 aromatic heterocycles. The Bertz CT molecular complexity index is 551. The molecule has 0 saturated heterocycles. The first-order valence-electron chi connectivity index (χ1n) is 7.92. The summed E-state index contributed by atoms with van der Waals surface area (Å²) < 4.78 is 26.0. The van der Waals surface area contributed by atoms with Crippen LogP contribution in [0.15, 0.2) is 35.2 Å². The van der Waals surface area contributed by atoms with Gasteiger partial charge in [-0.2, -0.15) is 0 Å². The van der Waals surface area contributed by atoms with Crippen LogP contribution in [0.2, 0.25) is 0 Å². The highest BCUT2D eigenvalue weighted by molar-refractivity contribution is 7.92. The lowest BCUT2D eigenvalue weighted by molar-refractivity contribution is 0.171. The van der Waals surface area contributed by atoms with Crippen molar-refractivity contribution in [1.29, 1.82) is 0 Å². The Morgan fingerprint density at radius 3 is 2.52 bits per heavy atom. The lowest BCUT2D eigenvalue weighted by Gasteiger charge is -2.44. The van der Waals surface area contributed by atoms with Gasteiger partial charge in [0.2, 0.25) is 0 Å². The predicted octanol–water partition coefficient (Wildman–Crippen LogP) is 3.41. The quantitative estimate of drug-likeness (QED) is 0.906. The molecule has 1 saturated carbocycles. The Labute approximate surface area is 129 Å². The average molecular weight is 309 g/mol. The zero-order valence-electron chi connectivity index (χ0n) is 13.3. The lowest BCUT2D eigenvalue weighted by atomic mass is 9.73. The van der Waals surface area contributed by atoms with Crippen LogP contribution in [0.3, 0.4) is 0 Å². The fraction of sp³-hybridized carbons (Fsp3) is 0.647. The second-order valence-corrected chi connectivity index (χ2v) is 8.88. The van der Waals surface area contributed by atoms with Crippen LogP contribution in [-0.4, -0.2) is 26.3 Å². The lowest BCUT2D eigenvalue weighted by Crippen LogP contribution is -2.55. The first-order valence-corrected chi connectivity index (χ1v) is 9.46. The fourth-order valence-electron chi connectivity index (χ4n) is 3.41. The van der Waals surface area contributed by atoms with E-state index in [0.717, 1.165) is 32.2 Å². The van der Waals surface area contributed by atoms with Crippen molar-refractivity contribution >= 4 is 9.84 Å². The van der Waals surface area contributed by atoms with Crippen LogP contribution in [-0.2, 0) is 9.84 Å². The van der Waals surface area contributed by atoms with E-state index in [-0.39, 0.29) is 16.7 Å². The number of hydrogen-bond acceptors (Lipinski definition) is 3. The molecule has 1 aromatic rings. The molecule has 2 atom stereocenters. The molecule has 0 radical (unpaired) electrons. The van der Waals surface area contributed by atoms with E-state index in [4.69, 9.17) is 0 Å². The van der Waals surface area contributed by atoms with E-state index >= 15 is 0 Å². The molecule has 21 heavy (non-hydrogen) atoms. The van der Waals surface area contributed by atoms with Gasteiger partial charge in [0.15, 0.2) is 9.84 Å². The van der Waals surface area contributed by atoms with Gasteiger partial charge in [-0.05, 0) is 43.4 Å². The Morgan fingerprint density at radius 2 is 1.90 bits per heavy atom. The van der Waals surface area contributed by atoms with Crippen LogP contribution in [0.4, 0.5) is 0 Å².